The van der Waals surface area contributed by atoms with E-state index in [1.165, 1.54) is 25.0 Å². The Kier molecular flexibility index (Phi) is 4.29. The van der Waals surface area contributed by atoms with Crippen molar-refractivity contribution in [2.75, 3.05) is 7.05 Å². The number of hydrogen-bond donors (Lipinski definition) is 1. The van der Waals surface area contributed by atoms with Crippen molar-refractivity contribution in [2.24, 2.45) is 0 Å². The Morgan fingerprint density at radius 2 is 2.00 bits per heavy atom. The third-order valence-corrected chi connectivity index (χ3v) is 4.21. The van der Waals surface area contributed by atoms with E-state index < -0.39 is 0 Å². The molecule has 1 fully saturated rings. The van der Waals surface area contributed by atoms with Crippen LogP contribution in [0.3, 0.4) is 0 Å². The highest BCUT2D eigenvalue weighted by atomic mass is 19.1. The second-order valence-corrected chi connectivity index (χ2v) is 5.64. The van der Waals surface area contributed by atoms with E-state index in [-0.39, 0.29) is 5.82 Å². The first-order valence-electron chi connectivity index (χ1n) is 7.50. The molecule has 4 nitrogen and oxygen atoms in total. The van der Waals surface area contributed by atoms with Crippen LogP contribution in [0.2, 0.25) is 0 Å². The van der Waals surface area contributed by atoms with E-state index in [0.717, 1.165) is 24.3 Å². The molecule has 0 bridgehead atoms. The first-order valence-corrected chi connectivity index (χ1v) is 7.50. The molecule has 2 aromatic rings. The maximum absolute atomic E-state index is 12.9. The summed E-state index contributed by atoms with van der Waals surface area (Å²) in [5.74, 6) is 1.47. The zero-order valence-corrected chi connectivity index (χ0v) is 12.2. The molecule has 0 aliphatic heterocycles. The molecule has 1 aliphatic carbocycles. The number of hydrogen-bond acceptors (Lipinski definition) is 4. The van der Waals surface area contributed by atoms with Crippen LogP contribution in [0, 0.1) is 5.82 Å². The first-order chi connectivity index (χ1) is 10.3. The van der Waals surface area contributed by atoms with E-state index in [9.17, 15) is 4.39 Å². The minimum atomic E-state index is -0.230. The summed E-state index contributed by atoms with van der Waals surface area (Å²) in [7, 11) is 1.98. The van der Waals surface area contributed by atoms with Crippen molar-refractivity contribution in [2.45, 2.75) is 44.1 Å². The average Bonchev–Trinajstić information content (AvgIpc) is 2.98. The zero-order valence-electron chi connectivity index (χ0n) is 12.2. The van der Waals surface area contributed by atoms with Crippen LogP contribution in [0.1, 0.15) is 48.9 Å². The SMILES string of the molecule is CNC1CCCCC1c1nc(Cc2ccc(F)cc2)no1. The third-order valence-electron chi connectivity index (χ3n) is 4.21. The van der Waals surface area contributed by atoms with Crippen molar-refractivity contribution in [3.8, 4) is 0 Å². The smallest absolute Gasteiger partial charge is 0.231 e. The summed E-state index contributed by atoms with van der Waals surface area (Å²) in [4.78, 5) is 4.54. The van der Waals surface area contributed by atoms with Gasteiger partial charge in [-0.05, 0) is 37.6 Å². The highest BCUT2D eigenvalue weighted by Gasteiger charge is 2.29. The van der Waals surface area contributed by atoms with E-state index in [1.807, 2.05) is 7.05 Å². The summed E-state index contributed by atoms with van der Waals surface area (Å²) in [6.07, 6.45) is 5.26. The Bertz CT molecular complexity index is 581. The molecule has 1 aromatic heterocycles. The molecule has 0 saturated heterocycles. The van der Waals surface area contributed by atoms with E-state index in [2.05, 4.69) is 15.5 Å². The molecule has 1 saturated carbocycles. The second-order valence-electron chi connectivity index (χ2n) is 5.64. The number of halogens is 1. The van der Waals surface area contributed by atoms with Gasteiger partial charge in [0, 0.05) is 12.5 Å². The molecule has 1 aliphatic rings. The van der Waals surface area contributed by atoms with Crippen molar-refractivity contribution in [3.63, 3.8) is 0 Å². The Balaban J connectivity index is 1.72. The van der Waals surface area contributed by atoms with E-state index in [4.69, 9.17) is 4.52 Å². The number of benzene rings is 1. The van der Waals surface area contributed by atoms with Gasteiger partial charge in [0.25, 0.3) is 0 Å². The van der Waals surface area contributed by atoms with Gasteiger partial charge in [-0.2, -0.15) is 4.98 Å². The predicted octanol–water partition coefficient (Wildman–Crippen LogP) is 3.05. The Morgan fingerprint density at radius 1 is 1.24 bits per heavy atom. The van der Waals surface area contributed by atoms with Crippen LogP contribution in [0.25, 0.3) is 0 Å². The topological polar surface area (TPSA) is 51.0 Å². The lowest BCUT2D eigenvalue weighted by Crippen LogP contribution is -2.34. The van der Waals surface area contributed by atoms with Crippen molar-refractivity contribution in [1.82, 2.24) is 15.5 Å². The molecule has 2 atom stereocenters. The monoisotopic (exact) mass is 289 g/mol. The quantitative estimate of drug-likeness (QED) is 0.940. The largest absolute Gasteiger partial charge is 0.339 e. The van der Waals surface area contributed by atoms with Crippen molar-refractivity contribution >= 4 is 0 Å². The maximum Gasteiger partial charge on any atom is 0.231 e. The summed E-state index contributed by atoms with van der Waals surface area (Å²) < 4.78 is 18.4. The molecular formula is C16H20FN3O. The molecule has 0 radical (unpaired) electrons. The van der Waals surface area contributed by atoms with Gasteiger partial charge in [0.1, 0.15) is 5.82 Å². The molecule has 21 heavy (non-hydrogen) atoms. The van der Waals surface area contributed by atoms with E-state index in [0.29, 0.717) is 24.2 Å². The molecule has 2 unspecified atom stereocenters. The lowest BCUT2D eigenvalue weighted by Gasteiger charge is -2.28. The van der Waals surface area contributed by atoms with Gasteiger partial charge >= 0.3 is 0 Å². The van der Waals surface area contributed by atoms with Gasteiger partial charge in [0.2, 0.25) is 5.89 Å². The summed E-state index contributed by atoms with van der Waals surface area (Å²) in [6, 6.07) is 6.83. The Hall–Kier alpha value is -1.75. The highest BCUT2D eigenvalue weighted by molar-refractivity contribution is 5.19. The molecule has 5 heteroatoms. The van der Waals surface area contributed by atoms with Crippen molar-refractivity contribution < 1.29 is 8.91 Å². The maximum atomic E-state index is 12.9. The van der Waals surface area contributed by atoms with E-state index in [1.54, 1.807) is 12.1 Å². The Morgan fingerprint density at radius 3 is 2.76 bits per heavy atom. The fourth-order valence-corrected chi connectivity index (χ4v) is 3.05. The van der Waals surface area contributed by atoms with E-state index >= 15 is 0 Å². The third kappa shape index (κ3) is 3.29. The summed E-state index contributed by atoms with van der Waals surface area (Å²) in [5, 5.41) is 7.42. The minimum absolute atomic E-state index is 0.230. The van der Waals surface area contributed by atoms with Gasteiger partial charge in [0.05, 0.1) is 5.92 Å². The normalized spacial score (nSPS) is 22.4. The lowest BCUT2D eigenvalue weighted by atomic mass is 9.84. The number of rotatable bonds is 4. The van der Waals surface area contributed by atoms with Crippen LogP contribution < -0.4 is 5.32 Å². The minimum Gasteiger partial charge on any atom is -0.339 e. The molecule has 0 spiro atoms. The number of aromatic nitrogens is 2. The van der Waals surface area contributed by atoms with Crippen LogP contribution >= 0.6 is 0 Å². The van der Waals surface area contributed by atoms with Gasteiger partial charge in [-0.25, -0.2) is 4.39 Å². The molecular weight excluding hydrogens is 269 g/mol. The number of nitrogens with one attached hydrogen (secondary N) is 1. The highest BCUT2D eigenvalue weighted by Crippen LogP contribution is 2.32. The van der Waals surface area contributed by atoms with Crippen LogP contribution in [-0.4, -0.2) is 23.2 Å². The molecule has 112 valence electrons. The van der Waals surface area contributed by atoms with Crippen LogP contribution in [0.15, 0.2) is 28.8 Å². The van der Waals surface area contributed by atoms with Gasteiger partial charge in [-0.1, -0.05) is 30.1 Å². The van der Waals surface area contributed by atoms with Crippen LogP contribution in [-0.2, 0) is 6.42 Å². The second kappa shape index (κ2) is 6.35. The van der Waals surface area contributed by atoms with Gasteiger partial charge in [-0.15, -0.1) is 0 Å². The van der Waals surface area contributed by atoms with Gasteiger partial charge in [-0.3, -0.25) is 0 Å². The number of likely N-dealkylation sites (N-methyl/N-ethyl adjacent to an activating group) is 1. The zero-order chi connectivity index (χ0) is 14.7. The van der Waals surface area contributed by atoms with Gasteiger partial charge < -0.3 is 9.84 Å². The summed E-state index contributed by atoms with van der Waals surface area (Å²) >= 11 is 0. The van der Waals surface area contributed by atoms with Crippen LogP contribution in [0.4, 0.5) is 4.39 Å². The van der Waals surface area contributed by atoms with Crippen LogP contribution in [0.5, 0.6) is 0 Å². The lowest BCUT2D eigenvalue weighted by molar-refractivity contribution is 0.269. The summed E-state index contributed by atoms with van der Waals surface area (Å²) in [6.45, 7) is 0. The predicted molar refractivity (Wildman–Crippen MR) is 77.6 cm³/mol. The van der Waals surface area contributed by atoms with Gasteiger partial charge in [0.15, 0.2) is 5.82 Å². The first kappa shape index (κ1) is 14.2. The number of nitrogens with zero attached hydrogens (tertiary/aromatic N) is 2. The van der Waals surface area contributed by atoms with Crippen molar-refractivity contribution in [1.29, 1.82) is 0 Å². The molecule has 3 rings (SSSR count). The standard InChI is InChI=1S/C16H20FN3O/c1-18-14-5-3-2-4-13(14)16-19-15(20-21-16)10-11-6-8-12(17)9-7-11/h6-9,13-14,18H,2-5,10H2,1H3. The molecule has 1 aromatic carbocycles. The molecule has 1 heterocycles. The molecule has 0 amide bonds. The fourth-order valence-electron chi connectivity index (χ4n) is 3.05. The Labute approximate surface area is 123 Å². The summed E-state index contributed by atoms with van der Waals surface area (Å²) in [5.41, 5.74) is 0.984. The van der Waals surface area contributed by atoms with Crippen molar-refractivity contribution in [3.05, 3.63) is 47.4 Å². The molecule has 1 N–H and O–H groups in total. The fraction of sp³-hybridized carbons (Fsp3) is 0.500. The average molecular weight is 289 g/mol.